The van der Waals surface area contributed by atoms with E-state index in [1.165, 1.54) is 12.1 Å². The number of halogens is 1. The van der Waals surface area contributed by atoms with Crippen molar-refractivity contribution >= 4 is 31.7 Å². The van der Waals surface area contributed by atoms with E-state index in [0.717, 1.165) is 15.6 Å². The van der Waals surface area contributed by atoms with E-state index in [-0.39, 0.29) is 21.7 Å². The lowest BCUT2D eigenvalue weighted by Gasteiger charge is -2.07. The molecule has 0 atom stereocenters. The minimum Gasteiger partial charge on any atom is -0.494 e. The molecule has 0 saturated heterocycles. The van der Waals surface area contributed by atoms with Gasteiger partial charge in [0.2, 0.25) is 26.6 Å². The third kappa shape index (κ3) is 5.29. The summed E-state index contributed by atoms with van der Waals surface area (Å²) in [5, 5.41) is 2.96. The van der Waals surface area contributed by atoms with Crippen LogP contribution in [0.15, 0.2) is 91.6 Å². The highest BCUT2D eigenvalue weighted by molar-refractivity contribution is 9.10. The molecule has 0 saturated carbocycles. The van der Waals surface area contributed by atoms with Crippen LogP contribution in [0.3, 0.4) is 0 Å². The Hall–Kier alpha value is -3.10. The highest BCUT2D eigenvalue weighted by Gasteiger charge is 2.28. The number of sulfone groups is 1. The third-order valence-electron chi connectivity index (χ3n) is 4.96. The molecule has 0 aliphatic carbocycles. The van der Waals surface area contributed by atoms with Crippen LogP contribution < -0.4 is 10.1 Å². The summed E-state index contributed by atoms with van der Waals surface area (Å²) in [6.45, 7) is 4.87. The van der Waals surface area contributed by atoms with Gasteiger partial charge in [0.05, 0.1) is 11.5 Å². The Kier molecular flexibility index (Phi) is 6.85. The number of nitrogens with zero attached hydrogens (tertiary/aromatic N) is 1. The van der Waals surface area contributed by atoms with Gasteiger partial charge in [-0.2, -0.15) is 4.98 Å². The van der Waals surface area contributed by atoms with E-state index in [4.69, 9.17) is 9.15 Å². The summed E-state index contributed by atoms with van der Waals surface area (Å²) >= 11 is 3.34. The number of ether oxygens (including phenoxy) is 1. The van der Waals surface area contributed by atoms with Crippen LogP contribution >= 0.6 is 15.9 Å². The van der Waals surface area contributed by atoms with Crippen molar-refractivity contribution in [3.63, 3.8) is 0 Å². The Morgan fingerprint density at radius 1 is 0.970 bits per heavy atom. The standard InChI is InChI=1S/C25H23BrN2O4S/c1-3-31-21-12-8-19(9-13-21)23-28-25(33(29,30)22-14-10-20(26)11-15-22)24(32-23)27-16-18-6-4-17(2)5-7-18/h4-15,27H,3,16H2,1-2H3. The summed E-state index contributed by atoms with van der Waals surface area (Å²) in [6, 6.07) is 21.6. The number of aryl methyl sites for hydroxylation is 1. The van der Waals surface area contributed by atoms with Crippen molar-refractivity contribution in [1.82, 2.24) is 4.98 Å². The molecule has 3 aromatic carbocycles. The summed E-state index contributed by atoms with van der Waals surface area (Å²) in [4.78, 5) is 4.52. The van der Waals surface area contributed by atoms with Gasteiger partial charge in [-0.3, -0.25) is 0 Å². The van der Waals surface area contributed by atoms with E-state index in [0.29, 0.717) is 24.5 Å². The molecule has 0 unspecified atom stereocenters. The summed E-state index contributed by atoms with van der Waals surface area (Å²) in [5.41, 5.74) is 2.79. The number of hydrogen-bond donors (Lipinski definition) is 1. The monoisotopic (exact) mass is 526 g/mol. The first-order valence-electron chi connectivity index (χ1n) is 10.4. The van der Waals surface area contributed by atoms with Crippen LogP contribution in [0.25, 0.3) is 11.5 Å². The normalized spacial score (nSPS) is 11.4. The van der Waals surface area contributed by atoms with Crippen LogP contribution in [0, 0.1) is 6.92 Å². The molecule has 170 valence electrons. The van der Waals surface area contributed by atoms with E-state index in [2.05, 4.69) is 26.2 Å². The second-order valence-electron chi connectivity index (χ2n) is 7.41. The summed E-state index contributed by atoms with van der Waals surface area (Å²) < 4.78 is 39.0. The second-order valence-corrected chi connectivity index (χ2v) is 10.2. The number of anilines is 1. The topological polar surface area (TPSA) is 81.4 Å². The zero-order chi connectivity index (χ0) is 23.4. The van der Waals surface area contributed by atoms with Gasteiger partial charge in [-0.05, 0) is 67.9 Å². The number of rotatable bonds is 8. The van der Waals surface area contributed by atoms with Crippen molar-refractivity contribution in [2.45, 2.75) is 30.3 Å². The average Bonchev–Trinajstić information content (AvgIpc) is 3.25. The number of aromatic nitrogens is 1. The molecule has 0 radical (unpaired) electrons. The SMILES string of the molecule is CCOc1ccc(-c2nc(S(=O)(=O)c3ccc(Br)cc3)c(NCc3ccc(C)cc3)o2)cc1. The van der Waals surface area contributed by atoms with Gasteiger partial charge in [0.15, 0.2) is 0 Å². The number of benzene rings is 3. The third-order valence-corrected chi connectivity index (χ3v) is 7.17. The molecule has 1 aromatic heterocycles. The maximum Gasteiger partial charge on any atom is 0.234 e. The fourth-order valence-electron chi connectivity index (χ4n) is 3.20. The minimum absolute atomic E-state index is 0.0994. The molecule has 6 nitrogen and oxygen atoms in total. The zero-order valence-electron chi connectivity index (χ0n) is 18.2. The van der Waals surface area contributed by atoms with Gasteiger partial charge in [-0.1, -0.05) is 45.8 Å². The zero-order valence-corrected chi connectivity index (χ0v) is 20.6. The maximum atomic E-state index is 13.4. The number of oxazole rings is 1. The molecule has 4 aromatic rings. The van der Waals surface area contributed by atoms with Gasteiger partial charge in [0.1, 0.15) is 5.75 Å². The summed E-state index contributed by atoms with van der Waals surface area (Å²) in [6.07, 6.45) is 0. The van der Waals surface area contributed by atoms with Crippen molar-refractivity contribution in [3.05, 3.63) is 88.4 Å². The number of hydrogen-bond acceptors (Lipinski definition) is 6. The molecular formula is C25H23BrN2O4S. The Morgan fingerprint density at radius 2 is 1.64 bits per heavy atom. The summed E-state index contributed by atoms with van der Waals surface area (Å²) in [5.74, 6) is 1.02. The first kappa shape index (κ1) is 23.1. The Bertz CT molecular complexity index is 1330. The minimum atomic E-state index is -3.91. The lowest BCUT2D eigenvalue weighted by Crippen LogP contribution is -2.07. The van der Waals surface area contributed by atoms with Crippen LogP contribution in [0.2, 0.25) is 0 Å². The molecule has 0 bridgehead atoms. The first-order chi connectivity index (χ1) is 15.9. The van der Waals surface area contributed by atoms with Crippen molar-refractivity contribution in [1.29, 1.82) is 0 Å². The van der Waals surface area contributed by atoms with Crippen molar-refractivity contribution in [2.75, 3.05) is 11.9 Å². The molecule has 1 N–H and O–H groups in total. The largest absolute Gasteiger partial charge is 0.494 e. The Labute approximate surface area is 201 Å². The van der Waals surface area contributed by atoms with Crippen molar-refractivity contribution in [3.8, 4) is 17.2 Å². The molecule has 4 rings (SSSR count). The fraction of sp³-hybridized carbons (Fsp3) is 0.160. The Balaban J connectivity index is 1.72. The average molecular weight is 527 g/mol. The maximum absolute atomic E-state index is 13.4. The van der Waals surface area contributed by atoms with Gasteiger partial charge in [-0.25, -0.2) is 8.42 Å². The molecule has 0 amide bonds. The smallest absolute Gasteiger partial charge is 0.234 e. The van der Waals surface area contributed by atoms with E-state index in [1.54, 1.807) is 36.4 Å². The molecule has 0 fully saturated rings. The van der Waals surface area contributed by atoms with Gasteiger partial charge in [-0.15, -0.1) is 0 Å². The molecular weight excluding hydrogens is 504 g/mol. The fourth-order valence-corrected chi connectivity index (χ4v) is 4.74. The predicted molar refractivity (Wildman–Crippen MR) is 131 cm³/mol. The Morgan fingerprint density at radius 3 is 2.27 bits per heavy atom. The van der Waals surface area contributed by atoms with Gasteiger partial charge < -0.3 is 14.5 Å². The lowest BCUT2D eigenvalue weighted by molar-refractivity contribution is 0.340. The van der Waals surface area contributed by atoms with E-state index >= 15 is 0 Å². The van der Waals surface area contributed by atoms with E-state index < -0.39 is 9.84 Å². The molecule has 33 heavy (non-hydrogen) atoms. The molecule has 8 heteroatoms. The lowest BCUT2D eigenvalue weighted by atomic mass is 10.1. The van der Waals surface area contributed by atoms with E-state index in [1.807, 2.05) is 38.1 Å². The van der Waals surface area contributed by atoms with Crippen LogP contribution in [0.1, 0.15) is 18.1 Å². The highest BCUT2D eigenvalue weighted by Crippen LogP contribution is 2.33. The van der Waals surface area contributed by atoms with Crippen LogP contribution in [0.4, 0.5) is 5.88 Å². The van der Waals surface area contributed by atoms with Crippen LogP contribution in [-0.4, -0.2) is 20.0 Å². The summed E-state index contributed by atoms with van der Waals surface area (Å²) in [7, 11) is -3.91. The molecule has 1 heterocycles. The van der Waals surface area contributed by atoms with Gasteiger partial charge >= 0.3 is 0 Å². The van der Waals surface area contributed by atoms with Crippen LogP contribution in [-0.2, 0) is 16.4 Å². The van der Waals surface area contributed by atoms with Gasteiger partial charge in [0.25, 0.3) is 0 Å². The van der Waals surface area contributed by atoms with Crippen LogP contribution in [0.5, 0.6) is 5.75 Å². The second kappa shape index (κ2) is 9.80. The quantitative estimate of drug-likeness (QED) is 0.292. The first-order valence-corrected chi connectivity index (χ1v) is 12.7. The highest BCUT2D eigenvalue weighted by atomic mass is 79.9. The molecule has 0 aliphatic heterocycles. The molecule has 0 spiro atoms. The predicted octanol–water partition coefficient (Wildman–Crippen LogP) is 6.26. The number of nitrogens with one attached hydrogen (secondary N) is 1. The van der Waals surface area contributed by atoms with Crippen molar-refractivity contribution < 1.29 is 17.6 Å². The molecule has 0 aliphatic rings. The van der Waals surface area contributed by atoms with Gasteiger partial charge in [0, 0.05) is 16.6 Å². The van der Waals surface area contributed by atoms with E-state index in [9.17, 15) is 8.42 Å². The van der Waals surface area contributed by atoms with Crippen molar-refractivity contribution in [2.24, 2.45) is 0 Å².